The number of rotatable bonds is 5. The topological polar surface area (TPSA) is 35.2 Å². The maximum Gasteiger partial charge on any atom is 0.168 e. The van der Waals surface area contributed by atoms with Gasteiger partial charge in [-0.2, -0.15) is 0 Å². The van der Waals surface area contributed by atoms with Crippen LogP contribution in [-0.2, 0) is 6.42 Å². The number of methoxy groups -OCH3 is 1. The Labute approximate surface area is 99.8 Å². The lowest BCUT2D eigenvalue weighted by Crippen LogP contribution is -2.38. The zero-order valence-electron chi connectivity index (χ0n) is 9.88. The molecule has 4 heteroatoms. The lowest BCUT2D eigenvalue weighted by Gasteiger charge is -2.24. The van der Waals surface area contributed by atoms with E-state index in [0.29, 0.717) is 5.56 Å². The van der Waals surface area contributed by atoms with Gasteiger partial charge in [0.1, 0.15) is 5.67 Å². The minimum absolute atomic E-state index is 0.0156. The van der Waals surface area contributed by atoms with Gasteiger partial charge in [-0.1, -0.05) is 12.1 Å². The Bertz CT molecular complexity index is 406. The molecule has 0 bridgehead atoms. The molecule has 0 aromatic heterocycles. The number of benzene rings is 1. The monoisotopic (exact) mass is 241 g/mol. The summed E-state index contributed by atoms with van der Waals surface area (Å²) in [5, 5.41) is 0. The predicted octanol–water partition coefficient (Wildman–Crippen LogP) is 2.45. The maximum absolute atomic E-state index is 14.5. The standard InChI is InChI=1S/C13H17F2NO/c1-17-11-4-2-3-9(12(11)14)7-13(15,8-16)10-5-6-10/h2-4,10H,5-8,16H2,1H3. The summed E-state index contributed by atoms with van der Waals surface area (Å²) < 4.78 is 33.2. The molecular weight excluding hydrogens is 224 g/mol. The zero-order chi connectivity index (χ0) is 12.5. The Kier molecular flexibility index (Phi) is 3.33. The molecule has 0 aliphatic heterocycles. The van der Waals surface area contributed by atoms with Gasteiger partial charge >= 0.3 is 0 Å². The van der Waals surface area contributed by atoms with Crippen LogP contribution < -0.4 is 10.5 Å². The molecule has 0 saturated heterocycles. The molecule has 1 fully saturated rings. The van der Waals surface area contributed by atoms with Crippen molar-refractivity contribution in [3.8, 4) is 5.75 Å². The second-order valence-corrected chi connectivity index (χ2v) is 4.62. The van der Waals surface area contributed by atoms with E-state index < -0.39 is 11.5 Å². The van der Waals surface area contributed by atoms with E-state index in [1.165, 1.54) is 13.2 Å². The van der Waals surface area contributed by atoms with Crippen molar-refractivity contribution < 1.29 is 13.5 Å². The summed E-state index contributed by atoms with van der Waals surface area (Å²) in [5.74, 6) is -0.345. The van der Waals surface area contributed by atoms with Crippen LogP contribution >= 0.6 is 0 Å². The summed E-state index contributed by atoms with van der Waals surface area (Å²) in [7, 11) is 1.40. The molecule has 1 aliphatic carbocycles. The first kappa shape index (κ1) is 12.3. The molecule has 1 unspecified atom stereocenters. The summed E-state index contributed by atoms with van der Waals surface area (Å²) in [6.45, 7) is -0.0612. The van der Waals surface area contributed by atoms with Crippen LogP contribution in [0, 0.1) is 11.7 Å². The average molecular weight is 241 g/mol. The molecule has 0 amide bonds. The Morgan fingerprint density at radius 3 is 2.71 bits per heavy atom. The van der Waals surface area contributed by atoms with Crippen LogP contribution in [0.25, 0.3) is 0 Å². The van der Waals surface area contributed by atoms with Crippen molar-refractivity contribution in [2.75, 3.05) is 13.7 Å². The van der Waals surface area contributed by atoms with Crippen LogP contribution in [-0.4, -0.2) is 19.3 Å². The molecule has 2 nitrogen and oxygen atoms in total. The first-order valence-corrected chi connectivity index (χ1v) is 5.81. The van der Waals surface area contributed by atoms with Crippen molar-refractivity contribution in [3.63, 3.8) is 0 Å². The van der Waals surface area contributed by atoms with Gasteiger partial charge in [-0.05, 0) is 30.4 Å². The number of halogens is 2. The highest BCUT2D eigenvalue weighted by Gasteiger charge is 2.45. The average Bonchev–Trinajstić information content (AvgIpc) is 3.16. The quantitative estimate of drug-likeness (QED) is 0.859. The van der Waals surface area contributed by atoms with Gasteiger partial charge in [0.05, 0.1) is 7.11 Å². The first-order chi connectivity index (χ1) is 8.10. The highest BCUT2D eigenvalue weighted by Crippen LogP contribution is 2.44. The van der Waals surface area contributed by atoms with Gasteiger partial charge in [-0.15, -0.1) is 0 Å². The fraction of sp³-hybridized carbons (Fsp3) is 0.538. The molecule has 1 aromatic carbocycles. The minimum Gasteiger partial charge on any atom is -0.494 e. The Morgan fingerprint density at radius 1 is 1.47 bits per heavy atom. The second-order valence-electron chi connectivity index (χ2n) is 4.62. The second kappa shape index (κ2) is 4.61. The Morgan fingerprint density at radius 2 is 2.18 bits per heavy atom. The normalized spacial score (nSPS) is 18.8. The van der Waals surface area contributed by atoms with E-state index in [2.05, 4.69) is 0 Å². The third-order valence-corrected chi connectivity index (χ3v) is 3.40. The largest absolute Gasteiger partial charge is 0.494 e. The van der Waals surface area contributed by atoms with Gasteiger partial charge in [0.25, 0.3) is 0 Å². The molecule has 1 atom stereocenters. The van der Waals surface area contributed by atoms with E-state index in [1.807, 2.05) is 0 Å². The molecule has 1 saturated carbocycles. The molecule has 2 rings (SSSR count). The molecule has 0 radical (unpaired) electrons. The van der Waals surface area contributed by atoms with Gasteiger partial charge in [-0.3, -0.25) is 0 Å². The van der Waals surface area contributed by atoms with Crippen LogP contribution in [0.1, 0.15) is 18.4 Å². The first-order valence-electron chi connectivity index (χ1n) is 5.81. The summed E-state index contributed by atoms with van der Waals surface area (Å²) in [6.07, 6.45) is 1.72. The molecule has 0 spiro atoms. The van der Waals surface area contributed by atoms with Crippen LogP contribution in [0.5, 0.6) is 5.75 Å². The van der Waals surface area contributed by atoms with Crippen molar-refractivity contribution >= 4 is 0 Å². The fourth-order valence-corrected chi connectivity index (χ4v) is 2.15. The minimum atomic E-state index is -1.48. The van der Waals surface area contributed by atoms with E-state index in [1.54, 1.807) is 12.1 Å². The Hall–Kier alpha value is -1.16. The number of hydrogen-bond donors (Lipinski definition) is 1. The van der Waals surface area contributed by atoms with Crippen molar-refractivity contribution in [2.24, 2.45) is 11.7 Å². The van der Waals surface area contributed by atoms with Crippen LogP contribution in [0.15, 0.2) is 18.2 Å². The van der Waals surface area contributed by atoms with Crippen molar-refractivity contribution in [2.45, 2.75) is 24.9 Å². The number of hydrogen-bond acceptors (Lipinski definition) is 2. The third-order valence-electron chi connectivity index (χ3n) is 3.40. The van der Waals surface area contributed by atoms with E-state index >= 15 is 0 Å². The van der Waals surface area contributed by atoms with Crippen LogP contribution in [0.4, 0.5) is 8.78 Å². The fourth-order valence-electron chi connectivity index (χ4n) is 2.15. The lowest BCUT2D eigenvalue weighted by molar-refractivity contribution is 0.141. The van der Waals surface area contributed by atoms with Crippen molar-refractivity contribution in [1.29, 1.82) is 0 Å². The molecular formula is C13H17F2NO. The summed E-state index contributed by atoms with van der Waals surface area (Å²) in [5.41, 5.74) is 4.35. The zero-order valence-corrected chi connectivity index (χ0v) is 9.88. The molecule has 0 heterocycles. The summed E-state index contributed by atoms with van der Waals surface area (Å²) in [4.78, 5) is 0. The van der Waals surface area contributed by atoms with E-state index in [9.17, 15) is 8.78 Å². The van der Waals surface area contributed by atoms with Gasteiger partial charge in [-0.25, -0.2) is 8.78 Å². The number of nitrogens with two attached hydrogens (primary N) is 1. The van der Waals surface area contributed by atoms with Gasteiger partial charge < -0.3 is 10.5 Å². The molecule has 2 N–H and O–H groups in total. The van der Waals surface area contributed by atoms with Crippen molar-refractivity contribution in [3.05, 3.63) is 29.6 Å². The van der Waals surface area contributed by atoms with Crippen LogP contribution in [0.3, 0.4) is 0 Å². The SMILES string of the molecule is COc1cccc(CC(F)(CN)C2CC2)c1F. The molecule has 1 aromatic rings. The van der Waals surface area contributed by atoms with Gasteiger partial charge in [0, 0.05) is 13.0 Å². The molecule has 94 valence electrons. The molecule has 17 heavy (non-hydrogen) atoms. The van der Waals surface area contributed by atoms with E-state index in [-0.39, 0.29) is 24.6 Å². The Balaban J connectivity index is 2.22. The highest BCUT2D eigenvalue weighted by molar-refractivity contribution is 5.32. The predicted molar refractivity (Wildman–Crippen MR) is 62.3 cm³/mol. The summed E-state index contributed by atoms with van der Waals surface area (Å²) in [6, 6.07) is 4.78. The van der Waals surface area contributed by atoms with E-state index in [0.717, 1.165) is 12.8 Å². The number of alkyl halides is 1. The van der Waals surface area contributed by atoms with Crippen molar-refractivity contribution in [1.82, 2.24) is 0 Å². The van der Waals surface area contributed by atoms with Gasteiger partial charge in [0.15, 0.2) is 11.6 Å². The summed E-state index contributed by atoms with van der Waals surface area (Å²) >= 11 is 0. The molecule has 1 aliphatic rings. The number of ether oxygens (including phenoxy) is 1. The smallest absolute Gasteiger partial charge is 0.168 e. The maximum atomic E-state index is 14.5. The van der Waals surface area contributed by atoms with E-state index in [4.69, 9.17) is 10.5 Å². The lowest BCUT2D eigenvalue weighted by atomic mass is 9.91. The van der Waals surface area contributed by atoms with Crippen LogP contribution in [0.2, 0.25) is 0 Å². The third kappa shape index (κ3) is 2.41. The van der Waals surface area contributed by atoms with Gasteiger partial charge in [0.2, 0.25) is 0 Å². The highest BCUT2D eigenvalue weighted by atomic mass is 19.1.